The summed E-state index contributed by atoms with van der Waals surface area (Å²) >= 11 is 0. The molecule has 0 amide bonds. The van der Waals surface area contributed by atoms with Crippen molar-refractivity contribution in [2.75, 3.05) is 13.2 Å². The van der Waals surface area contributed by atoms with E-state index in [-0.39, 0.29) is 11.5 Å². The van der Waals surface area contributed by atoms with E-state index in [9.17, 15) is 9.59 Å². The van der Waals surface area contributed by atoms with Gasteiger partial charge in [0.1, 0.15) is 12.4 Å². The first-order valence-electron chi connectivity index (χ1n) is 10.7. The Balaban J connectivity index is 2.22. The van der Waals surface area contributed by atoms with E-state index in [1.165, 1.54) is 18.1 Å². The van der Waals surface area contributed by atoms with E-state index in [2.05, 4.69) is 37.9 Å². The van der Waals surface area contributed by atoms with Gasteiger partial charge in [0.05, 0.1) is 12.1 Å². The Labute approximate surface area is 183 Å². The Morgan fingerprint density at radius 3 is 2.52 bits per heavy atom. The molecule has 2 aromatic rings. The molecular weight excluding hydrogens is 394 g/mol. The molecule has 0 spiro atoms. The van der Waals surface area contributed by atoms with Crippen molar-refractivity contribution in [1.29, 1.82) is 0 Å². The van der Waals surface area contributed by atoms with Gasteiger partial charge in [-0.15, -0.1) is 0 Å². The first-order valence-corrected chi connectivity index (χ1v) is 10.7. The lowest BCUT2D eigenvalue weighted by molar-refractivity contribution is -0.132. The zero-order chi connectivity index (χ0) is 22.8. The van der Waals surface area contributed by atoms with Crippen LogP contribution in [0.2, 0.25) is 0 Å². The number of aromatic nitrogens is 1. The van der Waals surface area contributed by atoms with Crippen molar-refractivity contribution in [3.8, 4) is 17.2 Å². The summed E-state index contributed by atoms with van der Waals surface area (Å²) in [5, 5.41) is 0.660. The summed E-state index contributed by atoms with van der Waals surface area (Å²) < 4.78 is 16.8. The van der Waals surface area contributed by atoms with E-state index < -0.39 is 11.5 Å². The second-order valence-electron chi connectivity index (χ2n) is 7.80. The number of fused-ring (bicyclic) bond motifs is 1. The normalized spacial score (nSPS) is 11.3. The van der Waals surface area contributed by atoms with Crippen LogP contribution in [0.3, 0.4) is 0 Å². The van der Waals surface area contributed by atoms with Crippen LogP contribution in [0.5, 0.6) is 17.2 Å². The van der Waals surface area contributed by atoms with Gasteiger partial charge in [0.15, 0.2) is 5.75 Å². The average Bonchev–Trinajstić information content (AvgIpc) is 2.69. The Morgan fingerprint density at radius 1 is 1.06 bits per heavy atom. The minimum absolute atomic E-state index is 0.111. The maximum Gasteiger partial charge on any atom is 0.308 e. The number of unbranched alkanes of at least 4 members (excludes halogenated alkanes) is 1. The third-order valence-electron chi connectivity index (χ3n) is 4.66. The molecule has 0 aliphatic heterocycles. The number of rotatable bonds is 11. The highest BCUT2D eigenvalue weighted by atomic mass is 16.6. The second-order valence-corrected chi connectivity index (χ2v) is 7.80. The minimum atomic E-state index is -0.572. The molecule has 0 aliphatic carbocycles. The van der Waals surface area contributed by atoms with Gasteiger partial charge >= 0.3 is 5.97 Å². The molecule has 2 rings (SSSR count). The number of nitrogens with one attached hydrogen (secondary N) is 1. The third-order valence-corrected chi connectivity index (χ3v) is 4.66. The number of ether oxygens (including phenoxy) is 3. The molecule has 0 bridgehead atoms. The molecule has 168 valence electrons. The summed E-state index contributed by atoms with van der Waals surface area (Å²) in [5.41, 5.74) is 2.64. The number of esters is 1. The van der Waals surface area contributed by atoms with Crippen molar-refractivity contribution in [3.63, 3.8) is 0 Å². The lowest BCUT2D eigenvalue weighted by atomic mass is 10.1. The average molecular weight is 428 g/mol. The number of benzene rings is 1. The molecular formula is C25H33NO5. The van der Waals surface area contributed by atoms with E-state index in [1.54, 1.807) is 12.1 Å². The molecule has 31 heavy (non-hydrogen) atoms. The number of carbonyl (C=O) groups is 1. The van der Waals surface area contributed by atoms with Crippen LogP contribution in [0.4, 0.5) is 0 Å². The summed E-state index contributed by atoms with van der Waals surface area (Å²) in [6.07, 6.45) is 8.08. The maximum atomic E-state index is 12.5. The summed E-state index contributed by atoms with van der Waals surface area (Å²) in [6.45, 7) is 10.5. The van der Waals surface area contributed by atoms with Crippen molar-refractivity contribution < 1.29 is 19.0 Å². The van der Waals surface area contributed by atoms with Crippen molar-refractivity contribution in [2.24, 2.45) is 0 Å². The first-order chi connectivity index (χ1) is 14.8. The highest BCUT2D eigenvalue weighted by molar-refractivity contribution is 5.89. The van der Waals surface area contributed by atoms with E-state index in [0.29, 0.717) is 29.9 Å². The Morgan fingerprint density at radius 2 is 1.84 bits per heavy atom. The van der Waals surface area contributed by atoms with Crippen molar-refractivity contribution in [1.82, 2.24) is 4.98 Å². The van der Waals surface area contributed by atoms with Gasteiger partial charge in [0.25, 0.3) is 5.56 Å². The van der Waals surface area contributed by atoms with Gasteiger partial charge in [-0.2, -0.15) is 0 Å². The summed E-state index contributed by atoms with van der Waals surface area (Å²) in [7, 11) is 0. The SMILES string of the molecule is CCCCOc1c(OC(C)=O)c(=O)[nH]c2cc(OC/C=C(\C)CCC=C(C)C)ccc12. The first kappa shape index (κ1) is 24.3. The number of allylic oxidation sites excluding steroid dienone is 3. The number of hydrogen-bond acceptors (Lipinski definition) is 5. The van der Waals surface area contributed by atoms with Gasteiger partial charge in [-0.05, 0) is 58.2 Å². The van der Waals surface area contributed by atoms with Crippen LogP contribution >= 0.6 is 0 Å². The van der Waals surface area contributed by atoms with Crippen LogP contribution in [-0.4, -0.2) is 24.2 Å². The molecule has 0 saturated carbocycles. The van der Waals surface area contributed by atoms with Crippen molar-refractivity contribution in [2.45, 2.75) is 60.3 Å². The van der Waals surface area contributed by atoms with E-state index in [4.69, 9.17) is 14.2 Å². The fraction of sp³-hybridized carbons (Fsp3) is 0.440. The van der Waals surface area contributed by atoms with Gasteiger partial charge in [-0.25, -0.2) is 0 Å². The molecule has 0 saturated heterocycles. The number of H-pyrrole nitrogens is 1. The van der Waals surface area contributed by atoms with Crippen molar-refractivity contribution >= 4 is 16.9 Å². The fourth-order valence-electron chi connectivity index (χ4n) is 2.99. The molecule has 1 aromatic heterocycles. The largest absolute Gasteiger partial charge is 0.489 e. The number of aromatic amines is 1. The Bertz CT molecular complexity index is 1010. The smallest absolute Gasteiger partial charge is 0.308 e. The second kappa shape index (κ2) is 12.0. The molecule has 0 radical (unpaired) electrons. The van der Waals surface area contributed by atoms with Gasteiger partial charge in [-0.1, -0.05) is 30.6 Å². The van der Waals surface area contributed by atoms with Crippen LogP contribution in [0.25, 0.3) is 10.9 Å². The molecule has 0 atom stereocenters. The number of hydrogen-bond donors (Lipinski definition) is 1. The van der Waals surface area contributed by atoms with Crippen LogP contribution < -0.4 is 19.8 Å². The third kappa shape index (κ3) is 7.63. The standard InChI is InChI=1S/C25H33NO5/c1-6-7-14-30-23-21-12-11-20(29-15-13-18(4)10-8-9-17(2)3)16-22(21)26-25(28)24(23)31-19(5)27/h9,11-13,16H,6-8,10,14-15H2,1-5H3,(H,26,28)/b18-13+. The summed E-state index contributed by atoms with van der Waals surface area (Å²) in [4.78, 5) is 26.7. The molecule has 0 aliphatic rings. The maximum absolute atomic E-state index is 12.5. The number of carbonyl (C=O) groups excluding carboxylic acids is 1. The van der Waals surface area contributed by atoms with Crippen LogP contribution in [0, 0.1) is 0 Å². The predicted octanol–water partition coefficient (Wildman–Crippen LogP) is 5.70. The molecule has 1 aromatic carbocycles. The summed E-state index contributed by atoms with van der Waals surface area (Å²) in [5.74, 6) is 0.233. The minimum Gasteiger partial charge on any atom is -0.489 e. The molecule has 1 N–H and O–H groups in total. The monoisotopic (exact) mass is 427 g/mol. The lowest BCUT2D eigenvalue weighted by Gasteiger charge is -2.14. The topological polar surface area (TPSA) is 77.6 Å². The molecule has 1 heterocycles. The van der Waals surface area contributed by atoms with Crippen molar-refractivity contribution in [3.05, 3.63) is 51.9 Å². The van der Waals surface area contributed by atoms with E-state index in [0.717, 1.165) is 25.7 Å². The predicted molar refractivity (Wildman–Crippen MR) is 124 cm³/mol. The van der Waals surface area contributed by atoms with E-state index in [1.807, 2.05) is 13.0 Å². The fourth-order valence-corrected chi connectivity index (χ4v) is 2.99. The van der Waals surface area contributed by atoms with Gasteiger partial charge in [-0.3, -0.25) is 9.59 Å². The molecule has 6 nitrogen and oxygen atoms in total. The van der Waals surface area contributed by atoms with Gasteiger partial charge in [0, 0.05) is 18.4 Å². The van der Waals surface area contributed by atoms with Crippen LogP contribution in [-0.2, 0) is 4.79 Å². The van der Waals surface area contributed by atoms with E-state index >= 15 is 0 Å². The van der Waals surface area contributed by atoms with Gasteiger partial charge < -0.3 is 19.2 Å². The molecule has 6 heteroatoms. The quantitative estimate of drug-likeness (QED) is 0.283. The Kier molecular flexibility index (Phi) is 9.38. The zero-order valence-corrected chi connectivity index (χ0v) is 19.2. The number of pyridine rings is 1. The molecule has 0 unspecified atom stereocenters. The van der Waals surface area contributed by atoms with Gasteiger partial charge in [0.2, 0.25) is 5.75 Å². The Hall–Kier alpha value is -3.02. The van der Waals surface area contributed by atoms with Crippen LogP contribution in [0.15, 0.2) is 46.3 Å². The summed E-state index contributed by atoms with van der Waals surface area (Å²) in [6, 6.07) is 5.38. The highest BCUT2D eigenvalue weighted by Crippen LogP contribution is 2.33. The zero-order valence-electron chi connectivity index (χ0n) is 19.2. The lowest BCUT2D eigenvalue weighted by Crippen LogP contribution is -2.16. The van der Waals surface area contributed by atoms with Crippen LogP contribution in [0.1, 0.15) is 60.3 Å². The molecule has 0 fully saturated rings. The highest BCUT2D eigenvalue weighted by Gasteiger charge is 2.18.